The molecule has 2 aromatic heterocycles. The van der Waals surface area contributed by atoms with Crippen molar-refractivity contribution in [2.24, 2.45) is 0 Å². The van der Waals surface area contributed by atoms with Crippen molar-refractivity contribution in [3.05, 3.63) is 106 Å². The lowest BCUT2D eigenvalue weighted by Gasteiger charge is -2.10. The lowest BCUT2D eigenvalue weighted by Crippen LogP contribution is -2.24. The molecule has 9 nitrogen and oxygen atoms in total. The number of para-hydroxylation sites is 1. The Hall–Kier alpha value is -4.60. The number of aromatic nitrogens is 3. The number of nitro groups is 1. The van der Waals surface area contributed by atoms with Crippen molar-refractivity contribution in [3.63, 3.8) is 0 Å². The van der Waals surface area contributed by atoms with Crippen LogP contribution in [0, 0.1) is 22.9 Å². The summed E-state index contributed by atoms with van der Waals surface area (Å²) in [6, 6.07) is 15.6. The Morgan fingerprint density at radius 2 is 1.97 bits per heavy atom. The van der Waals surface area contributed by atoms with Crippen LogP contribution >= 0.6 is 0 Å². The lowest BCUT2D eigenvalue weighted by molar-refractivity contribution is -0.385. The second-order valence-corrected chi connectivity index (χ2v) is 7.04. The molecule has 0 aliphatic heterocycles. The number of hydrogen-bond acceptors (Lipinski definition) is 6. The topological polar surface area (TPSA) is 112 Å². The van der Waals surface area contributed by atoms with Crippen molar-refractivity contribution in [2.75, 3.05) is 0 Å². The maximum atomic E-state index is 14.5. The Bertz CT molecular complexity index is 1310. The average Bonchev–Trinajstić information content (AvgIpc) is 3.16. The van der Waals surface area contributed by atoms with Crippen molar-refractivity contribution in [3.8, 4) is 17.3 Å². The summed E-state index contributed by atoms with van der Waals surface area (Å²) in [5.74, 6) is -1.48. The molecule has 0 aliphatic rings. The first kappa shape index (κ1) is 21.6. The molecule has 0 saturated heterocycles. The molecule has 0 radical (unpaired) electrons. The number of carbonyl (C=O) groups excluding carboxylic acids is 1. The van der Waals surface area contributed by atoms with E-state index in [9.17, 15) is 19.3 Å². The first-order valence-corrected chi connectivity index (χ1v) is 9.88. The highest BCUT2D eigenvalue weighted by atomic mass is 19.1. The van der Waals surface area contributed by atoms with Crippen LogP contribution in [-0.4, -0.2) is 25.6 Å². The standard InChI is InChI=1S/C23H18FN5O4/c1-15-21(22(30)26-14-16-6-5-11-25-13-16)27-28(17-7-3-2-4-8-17)23(15)33-20-10-9-18(29(31)32)12-19(20)24/h2-13H,14H2,1H3,(H,26,30). The van der Waals surface area contributed by atoms with E-state index in [1.807, 2.05) is 12.1 Å². The molecule has 4 rings (SSSR count). The summed E-state index contributed by atoms with van der Waals surface area (Å²) >= 11 is 0. The summed E-state index contributed by atoms with van der Waals surface area (Å²) in [6.07, 6.45) is 3.28. The van der Waals surface area contributed by atoms with Crippen molar-refractivity contribution in [1.29, 1.82) is 0 Å². The number of nitrogens with zero attached hydrogens (tertiary/aromatic N) is 4. The normalized spacial score (nSPS) is 10.6. The highest BCUT2D eigenvalue weighted by Gasteiger charge is 2.24. The van der Waals surface area contributed by atoms with Gasteiger partial charge in [0.05, 0.1) is 16.7 Å². The minimum Gasteiger partial charge on any atom is -0.436 e. The van der Waals surface area contributed by atoms with Crippen molar-refractivity contribution >= 4 is 11.6 Å². The van der Waals surface area contributed by atoms with Gasteiger partial charge in [-0.15, -0.1) is 0 Å². The van der Waals surface area contributed by atoms with E-state index in [0.717, 1.165) is 23.8 Å². The van der Waals surface area contributed by atoms with E-state index in [2.05, 4.69) is 15.4 Å². The summed E-state index contributed by atoms with van der Waals surface area (Å²) in [5.41, 5.74) is 1.48. The van der Waals surface area contributed by atoms with Crippen LogP contribution in [0.2, 0.25) is 0 Å². The molecule has 0 aliphatic carbocycles. The first-order chi connectivity index (χ1) is 15.9. The minimum absolute atomic E-state index is 0.0973. The van der Waals surface area contributed by atoms with Crippen LogP contribution in [0.5, 0.6) is 11.6 Å². The Morgan fingerprint density at radius 3 is 2.64 bits per heavy atom. The number of non-ortho nitro benzene ring substituents is 1. The van der Waals surface area contributed by atoms with Gasteiger partial charge in [0.1, 0.15) is 0 Å². The van der Waals surface area contributed by atoms with Gasteiger partial charge in [0.2, 0.25) is 5.88 Å². The number of amides is 1. The quantitative estimate of drug-likeness (QED) is 0.333. The molecule has 0 unspecified atom stereocenters. The van der Waals surface area contributed by atoms with Crippen LogP contribution in [0.1, 0.15) is 21.6 Å². The van der Waals surface area contributed by atoms with Gasteiger partial charge in [-0.1, -0.05) is 24.3 Å². The Morgan fingerprint density at radius 1 is 1.18 bits per heavy atom. The van der Waals surface area contributed by atoms with E-state index in [4.69, 9.17) is 4.74 Å². The van der Waals surface area contributed by atoms with Crippen LogP contribution in [-0.2, 0) is 6.54 Å². The largest absolute Gasteiger partial charge is 0.436 e. The molecule has 0 fully saturated rings. The Kier molecular flexibility index (Phi) is 6.07. The van der Waals surface area contributed by atoms with Gasteiger partial charge in [-0.05, 0) is 36.8 Å². The lowest BCUT2D eigenvalue weighted by atomic mass is 10.2. The zero-order valence-corrected chi connectivity index (χ0v) is 17.4. The van der Waals surface area contributed by atoms with Gasteiger partial charge < -0.3 is 10.1 Å². The first-order valence-electron chi connectivity index (χ1n) is 9.88. The highest BCUT2D eigenvalue weighted by molar-refractivity contribution is 5.94. The highest BCUT2D eigenvalue weighted by Crippen LogP contribution is 2.32. The third kappa shape index (κ3) is 4.69. The fraction of sp³-hybridized carbons (Fsp3) is 0.0870. The number of rotatable bonds is 7. The monoisotopic (exact) mass is 447 g/mol. The van der Waals surface area contributed by atoms with Crippen LogP contribution in [0.25, 0.3) is 5.69 Å². The number of pyridine rings is 1. The summed E-state index contributed by atoms with van der Waals surface area (Å²) in [7, 11) is 0. The minimum atomic E-state index is -0.910. The van der Waals surface area contributed by atoms with Gasteiger partial charge in [-0.2, -0.15) is 9.78 Å². The van der Waals surface area contributed by atoms with Crippen molar-refractivity contribution in [2.45, 2.75) is 13.5 Å². The maximum Gasteiger partial charge on any atom is 0.272 e. The number of ether oxygens (including phenoxy) is 1. The molecule has 0 bridgehead atoms. The smallest absolute Gasteiger partial charge is 0.272 e. The summed E-state index contributed by atoms with van der Waals surface area (Å²) in [4.78, 5) is 27.1. The number of benzene rings is 2. The molecular weight excluding hydrogens is 429 g/mol. The predicted octanol–water partition coefficient (Wildman–Crippen LogP) is 4.35. The fourth-order valence-electron chi connectivity index (χ4n) is 3.12. The van der Waals surface area contributed by atoms with Crippen LogP contribution in [0.4, 0.5) is 10.1 Å². The zero-order chi connectivity index (χ0) is 23.4. The molecule has 33 heavy (non-hydrogen) atoms. The third-order valence-electron chi connectivity index (χ3n) is 4.79. The van der Waals surface area contributed by atoms with Crippen LogP contribution in [0.15, 0.2) is 73.1 Å². The molecule has 10 heteroatoms. The second kappa shape index (κ2) is 9.27. The molecule has 0 saturated carbocycles. The third-order valence-corrected chi connectivity index (χ3v) is 4.79. The van der Waals surface area contributed by atoms with E-state index < -0.39 is 22.3 Å². The zero-order valence-electron chi connectivity index (χ0n) is 17.4. The number of nitro benzene ring substituents is 1. The number of hydrogen-bond donors (Lipinski definition) is 1. The van der Waals surface area contributed by atoms with Crippen LogP contribution < -0.4 is 10.1 Å². The van der Waals surface area contributed by atoms with Gasteiger partial charge >= 0.3 is 0 Å². The maximum absolute atomic E-state index is 14.5. The fourth-order valence-corrected chi connectivity index (χ4v) is 3.12. The molecular formula is C23H18FN5O4. The van der Waals surface area contributed by atoms with E-state index in [1.165, 1.54) is 4.68 Å². The van der Waals surface area contributed by atoms with Gasteiger partial charge in [-0.25, -0.2) is 4.39 Å². The van der Waals surface area contributed by atoms with Gasteiger partial charge in [0, 0.05) is 30.6 Å². The predicted molar refractivity (Wildman–Crippen MR) is 117 cm³/mol. The SMILES string of the molecule is Cc1c(C(=O)NCc2cccnc2)nn(-c2ccccc2)c1Oc1ccc([N+](=O)[O-])cc1F. The molecule has 2 aromatic carbocycles. The number of halogens is 1. The van der Waals surface area contributed by atoms with E-state index in [1.54, 1.807) is 49.6 Å². The Balaban J connectivity index is 1.69. The van der Waals surface area contributed by atoms with Crippen LogP contribution in [0.3, 0.4) is 0 Å². The molecule has 2 heterocycles. The summed E-state index contributed by atoms with van der Waals surface area (Å²) < 4.78 is 21.6. The van der Waals surface area contributed by atoms with E-state index in [-0.39, 0.29) is 23.9 Å². The number of carbonyl (C=O) groups is 1. The van der Waals surface area contributed by atoms with Crippen molar-refractivity contribution < 1.29 is 18.8 Å². The molecule has 1 N–H and O–H groups in total. The van der Waals surface area contributed by atoms with Gasteiger partial charge in [0.25, 0.3) is 11.6 Å². The summed E-state index contributed by atoms with van der Waals surface area (Å²) in [6.45, 7) is 1.88. The second-order valence-electron chi connectivity index (χ2n) is 7.04. The van der Waals surface area contributed by atoms with Gasteiger partial charge in [-0.3, -0.25) is 19.9 Å². The number of nitrogens with one attached hydrogen (secondary N) is 1. The molecule has 1 amide bonds. The molecule has 4 aromatic rings. The molecule has 0 atom stereocenters. The van der Waals surface area contributed by atoms with Crippen molar-refractivity contribution in [1.82, 2.24) is 20.1 Å². The Labute approximate surface area is 187 Å². The average molecular weight is 447 g/mol. The van der Waals surface area contributed by atoms with Gasteiger partial charge in [0.15, 0.2) is 17.3 Å². The molecule has 0 spiro atoms. The van der Waals surface area contributed by atoms with E-state index in [0.29, 0.717) is 11.3 Å². The molecule has 166 valence electrons. The summed E-state index contributed by atoms with van der Waals surface area (Å²) in [5, 5.41) is 18.1. The van der Waals surface area contributed by atoms with E-state index >= 15 is 0 Å².